The molecule has 0 N–H and O–H groups in total. The number of furan rings is 2. The molecule has 0 saturated heterocycles. The third kappa shape index (κ3) is 12.2. The number of fused-ring (bicyclic) bond motifs is 25. The standard InChI is InChI=1S/C116H117NO2/c1-11-15-19-23-40-65-115(66-41-24-20-16-12-2)93-51-35-29-46-82(93)85-61-56-77(70-97(85)115)76-55-60-83-84-62-57-78(71-95(84)112(5,6)94(83)69-76)91-74-99-103(105-89-48-32-37-53-101(89)118-110(91)105)88-64-59-80(73-98(88)116(99,67-39-22-18-14-4)68-42-25-21-17-13-3)117(100-52-36-31-45-81(100)75-43-27-26-28-44-75)79-58-63-87-96(72-79)114(9,10)108-104(87)106-90-49-33-38-54-102(90)119-111(106)107-86-47-30-34-50-92(86)113(7,8)109(107)108/h26-38,43-64,69-74H,11-25,39-42,65-68H2,1-10H3. The number of para-hydroxylation sites is 3. The maximum absolute atomic E-state index is 7.51. The Morgan fingerprint density at radius 3 is 1.25 bits per heavy atom. The molecule has 2 heterocycles. The number of hydrogen-bond acceptors (Lipinski definition) is 3. The Hall–Kier alpha value is -10.7. The molecule has 0 fully saturated rings. The van der Waals surface area contributed by atoms with Gasteiger partial charge in [0.05, 0.1) is 5.69 Å². The van der Waals surface area contributed by atoms with Crippen LogP contribution in [0.1, 0.15) is 273 Å². The minimum Gasteiger partial charge on any atom is -0.455 e. The number of hydrogen-bond donors (Lipinski definition) is 0. The second-order valence-electron chi connectivity index (χ2n) is 37.8. The minimum atomic E-state index is -0.393. The second-order valence-corrected chi connectivity index (χ2v) is 37.8. The number of nitrogens with zero attached hydrogens (tertiary/aromatic N) is 1. The summed E-state index contributed by atoms with van der Waals surface area (Å²) in [4.78, 5) is 2.65. The molecule has 5 aliphatic rings. The molecule has 2 aromatic heterocycles. The first-order chi connectivity index (χ1) is 58.1. The highest BCUT2D eigenvalue weighted by atomic mass is 16.3. The van der Waals surface area contributed by atoms with Crippen molar-refractivity contribution < 1.29 is 8.83 Å². The van der Waals surface area contributed by atoms with E-state index in [1.165, 1.54) is 283 Å². The molecular weight excluding hydrogens is 1440 g/mol. The summed E-state index contributed by atoms with van der Waals surface area (Å²) in [6, 6.07) is 97.2. The van der Waals surface area contributed by atoms with Gasteiger partial charge in [-0.1, -0.05) is 373 Å². The summed E-state index contributed by atoms with van der Waals surface area (Å²) >= 11 is 0. The van der Waals surface area contributed by atoms with Crippen LogP contribution >= 0.6 is 0 Å². The van der Waals surface area contributed by atoms with Crippen molar-refractivity contribution in [3.8, 4) is 89.0 Å². The van der Waals surface area contributed by atoms with Gasteiger partial charge in [0.25, 0.3) is 0 Å². The van der Waals surface area contributed by atoms with Crippen LogP contribution in [0.3, 0.4) is 0 Å². The third-order valence-corrected chi connectivity index (χ3v) is 29.8. The highest BCUT2D eigenvalue weighted by Gasteiger charge is 2.51. The molecule has 0 amide bonds. The molecule has 20 rings (SSSR count). The zero-order valence-electron chi connectivity index (χ0n) is 72.2. The first-order valence-electron chi connectivity index (χ1n) is 46.0. The first-order valence-corrected chi connectivity index (χ1v) is 46.0. The summed E-state index contributed by atoms with van der Waals surface area (Å²) < 4.78 is 14.7. The topological polar surface area (TPSA) is 29.5 Å². The highest BCUT2D eigenvalue weighted by Crippen LogP contribution is 2.66. The van der Waals surface area contributed by atoms with Gasteiger partial charge in [0.15, 0.2) is 0 Å². The van der Waals surface area contributed by atoms with Crippen molar-refractivity contribution in [3.63, 3.8) is 0 Å². The van der Waals surface area contributed by atoms with Crippen molar-refractivity contribution in [1.29, 1.82) is 0 Å². The Kier molecular flexibility index (Phi) is 19.7. The SMILES string of the molecule is CCCCCCCC1(CCCCCCC)c2ccccc2-c2ccc(-c3ccc4c(c3)C(C)(C)c3cc(-c5cc6c(c7c5oc5ccccc57)-c5ccc(N(c7ccc8c(c7)C(C)(C)c7c9c(c%10oc%11ccccc%11c%10c7-8)-c7ccccc7C9(C)C)c7ccccc7-c7ccccc7)cc5C6(CCCCCC)CCCCCCC)ccc3-4)cc21. The van der Waals surface area contributed by atoms with Crippen LogP contribution in [-0.4, -0.2) is 0 Å². The van der Waals surface area contributed by atoms with Crippen molar-refractivity contribution in [2.24, 2.45) is 0 Å². The molecule has 1 atom stereocenters. The first kappa shape index (κ1) is 76.9. The van der Waals surface area contributed by atoms with Gasteiger partial charge in [0, 0.05) is 76.7 Å². The van der Waals surface area contributed by atoms with Gasteiger partial charge in [0.1, 0.15) is 22.3 Å². The Bertz CT molecular complexity index is 6450. The summed E-state index contributed by atoms with van der Waals surface area (Å²) in [5.41, 5.74) is 41.3. The fourth-order valence-electron chi connectivity index (χ4n) is 23.8. The van der Waals surface area contributed by atoms with Gasteiger partial charge >= 0.3 is 0 Å². The molecule has 0 bridgehead atoms. The monoisotopic (exact) mass is 1560 g/mol. The fourth-order valence-corrected chi connectivity index (χ4v) is 23.8. The molecule has 0 aliphatic heterocycles. The van der Waals surface area contributed by atoms with E-state index in [4.69, 9.17) is 8.83 Å². The van der Waals surface area contributed by atoms with Crippen molar-refractivity contribution in [3.05, 3.63) is 304 Å². The van der Waals surface area contributed by atoms with E-state index in [1.807, 2.05) is 0 Å². The predicted octanol–water partition coefficient (Wildman–Crippen LogP) is 34.5. The molecule has 0 saturated carbocycles. The molecule has 15 aromatic rings. The lowest BCUT2D eigenvalue weighted by Crippen LogP contribution is -2.26. The van der Waals surface area contributed by atoms with Crippen LogP contribution < -0.4 is 4.90 Å². The number of rotatable bonds is 29. The molecule has 5 aliphatic carbocycles. The molecular formula is C116H117NO2. The van der Waals surface area contributed by atoms with Crippen molar-refractivity contribution in [2.75, 3.05) is 4.90 Å². The molecule has 0 spiro atoms. The number of unbranched alkanes of at least 4 members (excludes halogenated alkanes) is 15. The van der Waals surface area contributed by atoms with Crippen LogP contribution in [0.4, 0.5) is 17.1 Å². The summed E-state index contributed by atoms with van der Waals surface area (Å²) in [6.45, 7) is 24.3. The Morgan fingerprint density at radius 2 is 0.647 bits per heavy atom. The van der Waals surface area contributed by atoms with E-state index >= 15 is 0 Å². The van der Waals surface area contributed by atoms with Crippen LogP contribution in [-0.2, 0) is 27.1 Å². The Balaban J connectivity index is 0.740. The second kappa shape index (κ2) is 30.5. The lowest BCUT2D eigenvalue weighted by atomic mass is 9.70. The lowest BCUT2D eigenvalue weighted by Gasteiger charge is -2.35. The van der Waals surface area contributed by atoms with E-state index in [-0.39, 0.29) is 21.7 Å². The van der Waals surface area contributed by atoms with Crippen molar-refractivity contribution >= 4 is 60.9 Å². The van der Waals surface area contributed by atoms with E-state index in [2.05, 4.69) is 323 Å². The van der Waals surface area contributed by atoms with Gasteiger partial charge in [-0.3, -0.25) is 0 Å². The van der Waals surface area contributed by atoms with Gasteiger partial charge in [-0.15, -0.1) is 0 Å². The maximum Gasteiger partial charge on any atom is 0.144 e. The lowest BCUT2D eigenvalue weighted by molar-refractivity contribution is 0.399. The largest absolute Gasteiger partial charge is 0.455 e. The molecule has 3 nitrogen and oxygen atoms in total. The van der Waals surface area contributed by atoms with Crippen LogP contribution in [0.2, 0.25) is 0 Å². The van der Waals surface area contributed by atoms with Crippen LogP contribution in [0.25, 0.3) is 133 Å². The minimum absolute atomic E-state index is 0.0214. The Labute approximate surface area is 707 Å². The van der Waals surface area contributed by atoms with E-state index < -0.39 is 5.41 Å². The van der Waals surface area contributed by atoms with Crippen LogP contribution in [0.5, 0.6) is 0 Å². The molecule has 3 heteroatoms. The third-order valence-electron chi connectivity index (χ3n) is 29.8. The smallest absolute Gasteiger partial charge is 0.144 e. The predicted molar refractivity (Wildman–Crippen MR) is 506 cm³/mol. The van der Waals surface area contributed by atoms with E-state index in [1.54, 1.807) is 11.1 Å². The van der Waals surface area contributed by atoms with Gasteiger partial charge in [-0.05, 0) is 220 Å². The fraction of sp³-hybridized carbons (Fsp3) is 0.328. The zero-order valence-corrected chi connectivity index (χ0v) is 72.2. The van der Waals surface area contributed by atoms with Crippen molar-refractivity contribution in [2.45, 2.75) is 244 Å². The van der Waals surface area contributed by atoms with Crippen LogP contribution in [0.15, 0.2) is 258 Å². The highest BCUT2D eigenvalue weighted by molar-refractivity contribution is 6.22. The Morgan fingerprint density at radius 1 is 0.252 bits per heavy atom. The summed E-state index contributed by atoms with van der Waals surface area (Å²) in [6.07, 6.45) is 28.3. The molecule has 0 radical (unpaired) electrons. The van der Waals surface area contributed by atoms with E-state index in [0.717, 1.165) is 59.4 Å². The quantitative estimate of drug-likeness (QED) is 0.0438. The zero-order chi connectivity index (χ0) is 81.1. The maximum atomic E-state index is 7.51. The van der Waals surface area contributed by atoms with Crippen molar-refractivity contribution in [1.82, 2.24) is 0 Å². The van der Waals surface area contributed by atoms with E-state index in [0.29, 0.717) is 0 Å². The average molecular weight is 1560 g/mol. The average Bonchev–Trinajstić information content (AvgIpc) is 1.50. The molecule has 119 heavy (non-hydrogen) atoms. The number of anilines is 3. The van der Waals surface area contributed by atoms with Gasteiger partial charge in [-0.25, -0.2) is 0 Å². The molecule has 1 unspecified atom stereocenters. The van der Waals surface area contributed by atoms with E-state index in [9.17, 15) is 0 Å². The number of benzene rings is 13. The molecule has 598 valence electrons. The van der Waals surface area contributed by atoms with Gasteiger partial charge < -0.3 is 13.7 Å². The van der Waals surface area contributed by atoms with Gasteiger partial charge in [-0.2, -0.15) is 0 Å². The summed E-state index contributed by atoms with van der Waals surface area (Å²) in [7, 11) is 0. The molecule has 13 aromatic carbocycles. The summed E-state index contributed by atoms with van der Waals surface area (Å²) in [5.74, 6) is 0. The van der Waals surface area contributed by atoms with Gasteiger partial charge in [0.2, 0.25) is 0 Å². The van der Waals surface area contributed by atoms with Crippen LogP contribution in [0, 0.1) is 0 Å². The normalized spacial score (nSPS) is 16.1. The summed E-state index contributed by atoms with van der Waals surface area (Å²) in [5, 5.41) is 4.83.